The molecule has 0 saturated heterocycles. The molecule has 0 atom stereocenters. The number of nitrogens with two attached hydrogens (primary N) is 1. The standard InChI is InChI=1S/C8H18N/c1-7(2)5-8(3,4)6-9/h5-6,9H2,1-4H3. The molecule has 0 fully saturated rings. The molecule has 0 rings (SSSR count). The van der Waals surface area contributed by atoms with E-state index in [-0.39, 0.29) is 0 Å². The monoisotopic (exact) mass is 128 g/mol. The molecule has 55 valence electrons. The van der Waals surface area contributed by atoms with Crippen molar-refractivity contribution in [2.24, 2.45) is 11.1 Å². The zero-order valence-corrected chi connectivity index (χ0v) is 6.99. The third kappa shape index (κ3) is 4.46. The normalized spacial score (nSPS) is 12.7. The number of hydrogen-bond acceptors (Lipinski definition) is 1. The molecule has 0 unspecified atom stereocenters. The molecular formula is C8H18N. The summed E-state index contributed by atoms with van der Waals surface area (Å²) < 4.78 is 0. The molecular weight excluding hydrogens is 110 g/mol. The minimum absolute atomic E-state index is 0.304. The van der Waals surface area contributed by atoms with E-state index >= 15 is 0 Å². The molecule has 2 N–H and O–H groups in total. The quantitative estimate of drug-likeness (QED) is 0.618. The van der Waals surface area contributed by atoms with Crippen LogP contribution in [0.25, 0.3) is 0 Å². The zero-order chi connectivity index (χ0) is 7.49. The van der Waals surface area contributed by atoms with Crippen molar-refractivity contribution in [1.82, 2.24) is 0 Å². The SMILES string of the molecule is C[C](C)CC(C)(C)CN. The van der Waals surface area contributed by atoms with E-state index in [0.29, 0.717) is 5.41 Å². The van der Waals surface area contributed by atoms with Crippen molar-refractivity contribution in [2.45, 2.75) is 34.1 Å². The fourth-order valence-corrected chi connectivity index (χ4v) is 1.03. The highest BCUT2D eigenvalue weighted by atomic mass is 14.6. The van der Waals surface area contributed by atoms with Gasteiger partial charge in [0.1, 0.15) is 0 Å². The molecule has 1 radical (unpaired) electrons. The van der Waals surface area contributed by atoms with Crippen LogP contribution in [0.3, 0.4) is 0 Å². The first-order valence-corrected chi connectivity index (χ1v) is 3.47. The number of hydrogen-bond donors (Lipinski definition) is 1. The second kappa shape index (κ2) is 3.21. The molecule has 0 saturated carbocycles. The second-order valence-corrected chi connectivity index (χ2v) is 3.75. The van der Waals surface area contributed by atoms with Crippen LogP contribution in [0.2, 0.25) is 0 Å². The first-order chi connectivity index (χ1) is 3.98. The first kappa shape index (κ1) is 8.96. The minimum atomic E-state index is 0.304. The van der Waals surface area contributed by atoms with Gasteiger partial charge in [-0.1, -0.05) is 27.7 Å². The molecule has 0 aliphatic heterocycles. The van der Waals surface area contributed by atoms with E-state index in [2.05, 4.69) is 27.7 Å². The second-order valence-electron chi connectivity index (χ2n) is 3.75. The Morgan fingerprint density at radius 1 is 1.33 bits per heavy atom. The maximum atomic E-state index is 5.54. The van der Waals surface area contributed by atoms with E-state index in [1.165, 1.54) is 5.92 Å². The van der Waals surface area contributed by atoms with Gasteiger partial charge in [0.05, 0.1) is 0 Å². The first-order valence-electron chi connectivity index (χ1n) is 3.47. The van der Waals surface area contributed by atoms with Crippen LogP contribution in [0.4, 0.5) is 0 Å². The molecule has 0 aromatic carbocycles. The Kier molecular flexibility index (Phi) is 3.20. The molecule has 0 spiro atoms. The lowest BCUT2D eigenvalue weighted by atomic mass is 9.84. The van der Waals surface area contributed by atoms with Crippen molar-refractivity contribution in [3.8, 4) is 0 Å². The van der Waals surface area contributed by atoms with Gasteiger partial charge >= 0.3 is 0 Å². The summed E-state index contributed by atoms with van der Waals surface area (Å²) in [5, 5.41) is 0. The highest BCUT2D eigenvalue weighted by Gasteiger charge is 2.16. The number of rotatable bonds is 3. The molecule has 9 heavy (non-hydrogen) atoms. The summed E-state index contributed by atoms with van der Waals surface area (Å²) in [5.41, 5.74) is 5.85. The lowest BCUT2D eigenvalue weighted by Gasteiger charge is -2.23. The van der Waals surface area contributed by atoms with Crippen LogP contribution in [-0.2, 0) is 0 Å². The summed E-state index contributed by atoms with van der Waals surface area (Å²) in [6.45, 7) is 9.47. The van der Waals surface area contributed by atoms with Crippen LogP contribution in [0.15, 0.2) is 0 Å². The summed E-state index contributed by atoms with van der Waals surface area (Å²) in [7, 11) is 0. The van der Waals surface area contributed by atoms with Gasteiger partial charge in [0.15, 0.2) is 0 Å². The van der Waals surface area contributed by atoms with Gasteiger partial charge in [-0.15, -0.1) is 0 Å². The fraction of sp³-hybridized carbons (Fsp3) is 0.875. The predicted octanol–water partition coefficient (Wildman–Crippen LogP) is 1.98. The van der Waals surface area contributed by atoms with E-state index in [9.17, 15) is 0 Å². The van der Waals surface area contributed by atoms with Gasteiger partial charge in [-0.2, -0.15) is 0 Å². The maximum Gasteiger partial charge on any atom is -0.00256 e. The zero-order valence-electron chi connectivity index (χ0n) is 6.99. The summed E-state index contributed by atoms with van der Waals surface area (Å²) in [5.74, 6) is 1.46. The summed E-state index contributed by atoms with van der Waals surface area (Å²) in [6, 6.07) is 0. The Morgan fingerprint density at radius 3 is 1.89 bits per heavy atom. The highest BCUT2D eigenvalue weighted by molar-refractivity contribution is 4.85. The van der Waals surface area contributed by atoms with E-state index in [4.69, 9.17) is 5.73 Å². The van der Waals surface area contributed by atoms with Crippen molar-refractivity contribution in [3.63, 3.8) is 0 Å². The van der Waals surface area contributed by atoms with Crippen LogP contribution >= 0.6 is 0 Å². The van der Waals surface area contributed by atoms with Gasteiger partial charge in [0, 0.05) is 0 Å². The molecule has 0 aromatic heterocycles. The van der Waals surface area contributed by atoms with Crippen LogP contribution < -0.4 is 5.73 Å². The topological polar surface area (TPSA) is 26.0 Å². The van der Waals surface area contributed by atoms with Gasteiger partial charge in [0.2, 0.25) is 0 Å². The van der Waals surface area contributed by atoms with Crippen LogP contribution in [0, 0.1) is 11.3 Å². The smallest absolute Gasteiger partial charge is 0.00256 e. The molecule has 1 heteroatoms. The predicted molar refractivity (Wildman–Crippen MR) is 42.0 cm³/mol. The van der Waals surface area contributed by atoms with Gasteiger partial charge in [-0.3, -0.25) is 0 Å². The lowest BCUT2D eigenvalue weighted by Crippen LogP contribution is -2.24. The Bertz CT molecular complexity index is 74.6. The third-order valence-electron chi connectivity index (χ3n) is 1.38. The Balaban J connectivity index is 3.58. The van der Waals surface area contributed by atoms with Crippen LogP contribution in [0.5, 0.6) is 0 Å². The minimum Gasteiger partial charge on any atom is -0.330 e. The Hall–Kier alpha value is -0.0400. The Morgan fingerprint density at radius 2 is 1.78 bits per heavy atom. The van der Waals surface area contributed by atoms with Crippen molar-refractivity contribution < 1.29 is 0 Å². The summed E-state index contributed by atoms with van der Waals surface area (Å²) >= 11 is 0. The molecule has 0 aromatic rings. The van der Waals surface area contributed by atoms with Crippen molar-refractivity contribution in [3.05, 3.63) is 5.92 Å². The highest BCUT2D eigenvalue weighted by Crippen LogP contribution is 2.23. The van der Waals surface area contributed by atoms with Crippen molar-refractivity contribution in [2.75, 3.05) is 6.54 Å². The van der Waals surface area contributed by atoms with E-state index < -0.39 is 0 Å². The van der Waals surface area contributed by atoms with E-state index in [0.717, 1.165) is 13.0 Å². The van der Waals surface area contributed by atoms with E-state index in [1.54, 1.807) is 0 Å². The van der Waals surface area contributed by atoms with Gasteiger partial charge in [0.25, 0.3) is 0 Å². The van der Waals surface area contributed by atoms with Crippen LogP contribution in [0.1, 0.15) is 34.1 Å². The van der Waals surface area contributed by atoms with Gasteiger partial charge in [-0.05, 0) is 24.3 Å². The molecule has 0 aliphatic rings. The molecule has 0 amide bonds. The maximum absolute atomic E-state index is 5.54. The average molecular weight is 128 g/mol. The largest absolute Gasteiger partial charge is 0.330 e. The van der Waals surface area contributed by atoms with Gasteiger partial charge < -0.3 is 5.73 Å². The fourth-order valence-electron chi connectivity index (χ4n) is 1.03. The molecule has 0 bridgehead atoms. The molecule has 0 heterocycles. The molecule has 1 nitrogen and oxygen atoms in total. The lowest BCUT2D eigenvalue weighted by molar-refractivity contribution is 0.357. The van der Waals surface area contributed by atoms with Gasteiger partial charge in [-0.25, -0.2) is 0 Å². The summed E-state index contributed by atoms with van der Waals surface area (Å²) in [6.07, 6.45) is 1.14. The van der Waals surface area contributed by atoms with Crippen LogP contribution in [-0.4, -0.2) is 6.54 Å². The Labute approximate surface area is 58.6 Å². The molecule has 0 aliphatic carbocycles. The van der Waals surface area contributed by atoms with Crippen molar-refractivity contribution >= 4 is 0 Å². The average Bonchev–Trinajstić information content (AvgIpc) is 1.63. The van der Waals surface area contributed by atoms with Crippen molar-refractivity contribution in [1.29, 1.82) is 0 Å². The summed E-state index contributed by atoms with van der Waals surface area (Å²) in [4.78, 5) is 0. The van der Waals surface area contributed by atoms with E-state index in [1.807, 2.05) is 0 Å². The third-order valence-corrected chi connectivity index (χ3v) is 1.38.